The van der Waals surface area contributed by atoms with Crippen molar-refractivity contribution in [1.29, 1.82) is 0 Å². The third kappa shape index (κ3) is 2.23. The van der Waals surface area contributed by atoms with E-state index in [1.165, 1.54) is 6.07 Å². The van der Waals surface area contributed by atoms with E-state index in [0.29, 0.717) is 24.2 Å². The zero-order valence-corrected chi connectivity index (χ0v) is 9.32. The zero-order chi connectivity index (χ0) is 12.4. The largest absolute Gasteiger partial charge is 0.398 e. The highest BCUT2D eigenvalue weighted by Crippen LogP contribution is 2.23. The van der Waals surface area contributed by atoms with Gasteiger partial charge < -0.3 is 10.6 Å². The molecule has 0 bridgehead atoms. The number of likely N-dealkylation sites (tertiary alicyclic amines) is 1. The summed E-state index contributed by atoms with van der Waals surface area (Å²) in [6.45, 7) is 0.665. The van der Waals surface area contributed by atoms with Crippen LogP contribution in [0.5, 0.6) is 0 Å². The molecule has 4 heteroatoms. The van der Waals surface area contributed by atoms with Crippen LogP contribution in [0.25, 0.3) is 0 Å². The molecule has 1 aliphatic heterocycles. The molecule has 0 radical (unpaired) electrons. The number of rotatable bonds is 2. The summed E-state index contributed by atoms with van der Waals surface area (Å²) in [5.74, 6) is 2.05. The first kappa shape index (κ1) is 11.5. The minimum absolute atomic E-state index is 0.0457. The Labute approximate surface area is 99.4 Å². The average Bonchev–Trinajstić information content (AvgIpc) is 2.65. The van der Waals surface area contributed by atoms with E-state index in [4.69, 9.17) is 12.2 Å². The second-order valence-corrected chi connectivity index (χ2v) is 4.15. The Bertz CT molecular complexity index is 472. The van der Waals surface area contributed by atoms with Crippen LogP contribution in [0, 0.1) is 24.1 Å². The van der Waals surface area contributed by atoms with E-state index in [9.17, 15) is 9.18 Å². The van der Waals surface area contributed by atoms with Crippen molar-refractivity contribution in [2.45, 2.75) is 13.0 Å². The molecule has 1 aromatic rings. The van der Waals surface area contributed by atoms with E-state index in [1.807, 2.05) is 0 Å². The molecule has 1 saturated heterocycles. The van der Waals surface area contributed by atoms with Gasteiger partial charge in [0.05, 0.1) is 6.54 Å². The third-order valence-corrected chi connectivity index (χ3v) is 2.95. The molecule has 0 saturated carbocycles. The molecule has 1 aliphatic rings. The third-order valence-electron chi connectivity index (χ3n) is 2.95. The van der Waals surface area contributed by atoms with Crippen molar-refractivity contribution in [3.63, 3.8) is 0 Å². The van der Waals surface area contributed by atoms with Gasteiger partial charge in [-0.25, -0.2) is 4.39 Å². The lowest BCUT2D eigenvalue weighted by Gasteiger charge is -2.17. The number of hydrogen-bond donors (Lipinski definition) is 1. The molecule has 88 valence electrons. The average molecular weight is 232 g/mol. The SMILES string of the molecule is C#CC1CC(=O)N(Cc2c(N)cccc2F)C1. The number of nitrogens with zero attached hydrogens (tertiary/aromatic N) is 1. The highest BCUT2D eigenvalue weighted by atomic mass is 19.1. The summed E-state index contributed by atoms with van der Waals surface area (Å²) in [7, 11) is 0. The monoisotopic (exact) mass is 232 g/mol. The van der Waals surface area contributed by atoms with Crippen LogP contribution >= 0.6 is 0 Å². The fourth-order valence-corrected chi connectivity index (χ4v) is 1.97. The highest BCUT2D eigenvalue weighted by molar-refractivity contribution is 5.79. The first-order valence-corrected chi connectivity index (χ1v) is 5.38. The van der Waals surface area contributed by atoms with E-state index in [0.717, 1.165) is 0 Å². The summed E-state index contributed by atoms with van der Waals surface area (Å²) >= 11 is 0. The number of hydrogen-bond acceptors (Lipinski definition) is 2. The molecule has 2 N–H and O–H groups in total. The molecule has 0 spiro atoms. The number of nitrogens with two attached hydrogens (primary N) is 1. The van der Waals surface area contributed by atoms with Crippen LogP contribution in [0.3, 0.4) is 0 Å². The van der Waals surface area contributed by atoms with Crippen LogP contribution in [0.15, 0.2) is 18.2 Å². The summed E-state index contributed by atoms with van der Waals surface area (Å²) in [5.41, 5.74) is 6.42. The van der Waals surface area contributed by atoms with Gasteiger partial charge in [0.25, 0.3) is 0 Å². The fraction of sp³-hybridized carbons (Fsp3) is 0.308. The number of carbonyl (C=O) groups is 1. The van der Waals surface area contributed by atoms with Gasteiger partial charge in [-0.05, 0) is 12.1 Å². The molecule has 1 amide bonds. The topological polar surface area (TPSA) is 46.3 Å². The highest BCUT2D eigenvalue weighted by Gasteiger charge is 2.29. The van der Waals surface area contributed by atoms with Gasteiger partial charge in [0.2, 0.25) is 5.91 Å². The molecule has 1 aromatic carbocycles. The van der Waals surface area contributed by atoms with E-state index in [2.05, 4.69) is 5.92 Å². The summed E-state index contributed by atoms with van der Waals surface area (Å²) in [6.07, 6.45) is 5.62. The zero-order valence-electron chi connectivity index (χ0n) is 9.32. The van der Waals surface area contributed by atoms with Crippen molar-refractivity contribution in [3.8, 4) is 12.3 Å². The Morgan fingerprint density at radius 3 is 2.94 bits per heavy atom. The van der Waals surface area contributed by atoms with E-state index in [-0.39, 0.29) is 24.2 Å². The number of anilines is 1. The number of benzene rings is 1. The van der Waals surface area contributed by atoms with Gasteiger partial charge in [0, 0.05) is 30.1 Å². The van der Waals surface area contributed by atoms with Crippen molar-refractivity contribution < 1.29 is 9.18 Å². The first-order chi connectivity index (χ1) is 8.11. The molecule has 3 nitrogen and oxygen atoms in total. The van der Waals surface area contributed by atoms with Crippen molar-refractivity contribution in [2.75, 3.05) is 12.3 Å². The summed E-state index contributed by atoms with van der Waals surface area (Å²) < 4.78 is 13.6. The molecule has 1 atom stereocenters. The normalized spacial score (nSPS) is 19.4. The van der Waals surface area contributed by atoms with Crippen LogP contribution in [0.1, 0.15) is 12.0 Å². The molecule has 0 aromatic heterocycles. The second-order valence-electron chi connectivity index (χ2n) is 4.15. The Balaban J connectivity index is 2.17. The Kier molecular flexibility index (Phi) is 3.01. The van der Waals surface area contributed by atoms with Crippen LogP contribution in [0.4, 0.5) is 10.1 Å². The number of carbonyl (C=O) groups excluding carboxylic acids is 1. The minimum Gasteiger partial charge on any atom is -0.398 e. The molecular weight excluding hydrogens is 219 g/mol. The van der Waals surface area contributed by atoms with Gasteiger partial charge >= 0.3 is 0 Å². The Morgan fingerprint density at radius 1 is 1.59 bits per heavy atom. The molecule has 2 rings (SSSR count). The molecular formula is C13H13FN2O. The van der Waals surface area contributed by atoms with Crippen molar-refractivity contribution in [2.24, 2.45) is 5.92 Å². The standard InChI is InChI=1S/C13H13FN2O/c1-2-9-6-13(17)16(7-9)8-10-11(14)4-3-5-12(10)15/h1,3-5,9H,6-8,15H2. The first-order valence-electron chi connectivity index (χ1n) is 5.38. The summed E-state index contributed by atoms with van der Waals surface area (Å²) in [6, 6.07) is 4.51. The van der Waals surface area contributed by atoms with Crippen LogP contribution in [0.2, 0.25) is 0 Å². The van der Waals surface area contributed by atoms with Crippen molar-refractivity contribution >= 4 is 11.6 Å². The predicted octanol–water partition coefficient (Wildman–Crippen LogP) is 1.39. The smallest absolute Gasteiger partial charge is 0.224 e. The molecule has 17 heavy (non-hydrogen) atoms. The van der Waals surface area contributed by atoms with E-state index >= 15 is 0 Å². The maximum Gasteiger partial charge on any atom is 0.224 e. The fourth-order valence-electron chi connectivity index (χ4n) is 1.97. The molecule has 1 unspecified atom stereocenters. The van der Waals surface area contributed by atoms with Crippen LogP contribution in [-0.4, -0.2) is 17.4 Å². The van der Waals surface area contributed by atoms with Gasteiger partial charge in [-0.15, -0.1) is 12.3 Å². The Morgan fingerprint density at radius 2 is 2.35 bits per heavy atom. The minimum atomic E-state index is -0.387. The number of terminal acetylenes is 1. The molecule has 1 heterocycles. The van der Waals surface area contributed by atoms with Crippen molar-refractivity contribution in [1.82, 2.24) is 4.90 Å². The lowest BCUT2D eigenvalue weighted by Crippen LogP contribution is -2.25. The van der Waals surface area contributed by atoms with Gasteiger partial charge in [0.1, 0.15) is 5.82 Å². The molecule has 1 fully saturated rings. The maximum absolute atomic E-state index is 13.6. The second kappa shape index (κ2) is 4.46. The lowest BCUT2D eigenvalue weighted by atomic mass is 10.1. The number of halogens is 1. The number of amides is 1. The van der Waals surface area contributed by atoms with Crippen LogP contribution < -0.4 is 5.73 Å². The number of nitrogen functional groups attached to an aromatic ring is 1. The summed E-state index contributed by atoms with van der Waals surface area (Å²) in [5, 5.41) is 0. The summed E-state index contributed by atoms with van der Waals surface area (Å²) in [4.78, 5) is 13.2. The van der Waals surface area contributed by atoms with E-state index in [1.54, 1.807) is 17.0 Å². The predicted molar refractivity (Wildman–Crippen MR) is 63.2 cm³/mol. The lowest BCUT2D eigenvalue weighted by molar-refractivity contribution is -0.128. The van der Waals surface area contributed by atoms with Gasteiger partial charge in [0.15, 0.2) is 0 Å². The van der Waals surface area contributed by atoms with Crippen LogP contribution in [-0.2, 0) is 11.3 Å². The maximum atomic E-state index is 13.6. The quantitative estimate of drug-likeness (QED) is 0.618. The molecule has 0 aliphatic carbocycles. The van der Waals surface area contributed by atoms with Gasteiger partial charge in [-0.1, -0.05) is 6.07 Å². The van der Waals surface area contributed by atoms with Gasteiger partial charge in [-0.2, -0.15) is 0 Å². The van der Waals surface area contributed by atoms with Crippen molar-refractivity contribution in [3.05, 3.63) is 29.6 Å². The van der Waals surface area contributed by atoms with Gasteiger partial charge in [-0.3, -0.25) is 4.79 Å². The van der Waals surface area contributed by atoms with E-state index < -0.39 is 0 Å². The Hall–Kier alpha value is -2.02.